The molecule has 17 heavy (non-hydrogen) atoms. The predicted molar refractivity (Wildman–Crippen MR) is 71.4 cm³/mol. The summed E-state index contributed by atoms with van der Waals surface area (Å²) in [5.74, 6) is 1.96. The predicted octanol–water partition coefficient (Wildman–Crippen LogP) is 3.54. The lowest BCUT2D eigenvalue weighted by molar-refractivity contribution is 0.411. The minimum absolute atomic E-state index is 0.482. The second kappa shape index (κ2) is 6.06. The van der Waals surface area contributed by atoms with Gasteiger partial charge in [-0.1, -0.05) is 31.9 Å². The van der Waals surface area contributed by atoms with Gasteiger partial charge in [0.25, 0.3) is 0 Å². The van der Waals surface area contributed by atoms with Crippen LogP contribution in [0.2, 0.25) is 0 Å². The van der Waals surface area contributed by atoms with Gasteiger partial charge < -0.3 is 10.1 Å². The monoisotopic (exact) mass is 233 g/mol. The molecule has 1 unspecified atom stereocenters. The van der Waals surface area contributed by atoms with E-state index in [9.17, 15) is 0 Å². The highest BCUT2D eigenvalue weighted by molar-refractivity contribution is 5.30. The third kappa shape index (κ3) is 3.74. The lowest BCUT2D eigenvalue weighted by Crippen LogP contribution is -2.21. The van der Waals surface area contributed by atoms with Crippen molar-refractivity contribution in [1.82, 2.24) is 5.32 Å². The van der Waals surface area contributed by atoms with Gasteiger partial charge in [-0.15, -0.1) is 0 Å². The lowest BCUT2D eigenvalue weighted by Gasteiger charge is -2.18. The van der Waals surface area contributed by atoms with Gasteiger partial charge in [0.2, 0.25) is 0 Å². The summed E-state index contributed by atoms with van der Waals surface area (Å²) in [4.78, 5) is 0. The van der Waals surface area contributed by atoms with Gasteiger partial charge in [-0.3, -0.25) is 0 Å². The van der Waals surface area contributed by atoms with Crippen molar-refractivity contribution in [3.8, 4) is 5.75 Å². The zero-order valence-electron chi connectivity index (χ0n) is 10.9. The molecule has 0 aromatic heterocycles. The largest absolute Gasteiger partial charge is 0.497 e. The number of methoxy groups -OCH3 is 1. The fourth-order valence-corrected chi connectivity index (χ4v) is 2.30. The van der Waals surface area contributed by atoms with E-state index in [1.807, 2.05) is 6.07 Å². The van der Waals surface area contributed by atoms with Crippen LogP contribution in [0.5, 0.6) is 5.75 Å². The van der Waals surface area contributed by atoms with Crippen LogP contribution in [-0.4, -0.2) is 13.7 Å². The summed E-state index contributed by atoms with van der Waals surface area (Å²) in [6.07, 6.45) is 5.48. The molecule has 0 amide bonds. The summed E-state index contributed by atoms with van der Waals surface area (Å²) >= 11 is 0. The van der Waals surface area contributed by atoms with E-state index in [2.05, 4.69) is 30.4 Å². The fraction of sp³-hybridized carbons (Fsp3) is 0.600. The van der Waals surface area contributed by atoms with Crippen molar-refractivity contribution < 1.29 is 4.74 Å². The van der Waals surface area contributed by atoms with E-state index in [1.165, 1.54) is 31.2 Å². The van der Waals surface area contributed by atoms with E-state index < -0.39 is 0 Å². The molecule has 94 valence electrons. The molecule has 2 rings (SSSR count). The lowest BCUT2D eigenvalue weighted by atomic mass is 10.00. The minimum atomic E-state index is 0.482. The Morgan fingerprint density at radius 2 is 2.24 bits per heavy atom. The highest BCUT2D eigenvalue weighted by atomic mass is 16.5. The first kappa shape index (κ1) is 12.4. The Morgan fingerprint density at radius 3 is 2.88 bits per heavy atom. The normalized spacial score (nSPS) is 16.8. The highest BCUT2D eigenvalue weighted by Crippen LogP contribution is 2.36. The molecule has 0 aliphatic heterocycles. The van der Waals surface area contributed by atoms with E-state index in [4.69, 9.17) is 4.74 Å². The quantitative estimate of drug-likeness (QED) is 0.778. The topological polar surface area (TPSA) is 21.3 Å². The van der Waals surface area contributed by atoms with Crippen molar-refractivity contribution in [2.24, 2.45) is 5.92 Å². The van der Waals surface area contributed by atoms with Gasteiger partial charge in [0.15, 0.2) is 0 Å². The van der Waals surface area contributed by atoms with Crippen LogP contribution in [0.25, 0.3) is 0 Å². The first-order valence-electron chi connectivity index (χ1n) is 6.70. The van der Waals surface area contributed by atoms with E-state index in [1.54, 1.807) is 7.11 Å². The Labute approximate surface area is 104 Å². The maximum Gasteiger partial charge on any atom is 0.119 e. The van der Waals surface area contributed by atoms with Crippen LogP contribution in [0, 0.1) is 5.92 Å². The molecule has 0 saturated heterocycles. The Kier molecular flexibility index (Phi) is 4.43. The Morgan fingerprint density at radius 1 is 1.41 bits per heavy atom. The molecule has 0 bridgehead atoms. The van der Waals surface area contributed by atoms with Crippen molar-refractivity contribution in [1.29, 1.82) is 0 Å². The smallest absolute Gasteiger partial charge is 0.119 e. The van der Waals surface area contributed by atoms with E-state index in [0.29, 0.717) is 6.04 Å². The second-order valence-electron chi connectivity index (χ2n) is 4.91. The maximum absolute atomic E-state index is 5.29. The zero-order chi connectivity index (χ0) is 12.1. The van der Waals surface area contributed by atoms with E-state index in [-0.39, 0.29) is 0 Å². The molecule has 1 N–H and O–H groups in total. The summed E-state index contributed by atoms with van der Waals surface area (Å²) in [7, 11) is 1.73. The van der Waals surface area contributed by atoms with Crippen LogP contribution in [0.1, 0.15) is 44.2 Å². The number of rotatable bonds is 7. The van der Waals surface area contributed by atoms with Crippen LogP contribution in [-0.2, 0) is 0 Å². The van der Waals surface area contributed by atoms with E-state index in [0.717, 1.165) is 18.2 Å². The van der Waals surface area contributed by atoms with Gasteiger partial charge >= 0.3 is 0 Å². The Hall–Kier alpha value is -1.02. The maximum atomic E-state index is 5.29. The van der Waals surface area contributed by atoms with Crippen molar-refractivity contribution in [2.45, 2.75) is 38.6 Å². The van der Waals surface area contributed by atoms with Crippen molar-refractivity contribution >= 4 is 0 Å². The molecule has 1 atom stereocenters. The molecule has 1 aromatic carbocycles. The number of nitrogens with one attached hydrogen (secondary N) is 1. The summed E-state index contributed by atoms with van der Waals surface area (Å²) in [5.41, 5.74) is 1.35. The molecular weight excluding hydrogens is 210 g/mol. The average Bonchev–Trinajstić information content (AvgIpc) is 3.18. The van der Waals surface area contributed by atoms with Crippen LogP contribution < -0.4 is 10.1 Å². The fourth-order valence-electron chi connectivity index (χ4n) is 2.30. The molecule has 1 aliphatic rings. The van der Waals surface area contributed by atoms with Crippen LogP contribution in [0.15, 0.2) is 24.3 Å². The van der Waals surface area contributed by atoms with Gasteiger partial charge in [0.1, 0.15) is 5.75 Å². The van der Waals surface area contributed by atoms with Gasteiger partial charge in [0, 0.05) is 6.04 Å². The van der Waals surface area contributed by atoms with Gasteiger partial charge in [-0.25, -0.2) is 0 Å². The molecular formula is C15H23NO. The number of benzene rings is 1. The number of hydrogen-bond donors (Lipinski definition) is 1. The molecule has 0 radical (unpaired) electrons. The van der Waals surface area contributed by atoms with Crippen molar-refractivity contribution in [2.75, 3.05) is 13.7 Å². The van der Waals surface area contributed by atoms with Gasteiger partial charge in [-0.2, -0.15) is 0 Å². The van der Waals surface area contributed by atoms with Gasteiger partial charge in [-0.05, 0) is 43.0 Å². The average molecular weight is 233 g/mol. The van der Waals surface area contributed by atoms with Crippen molar-refractivity contribution in [3.63, 3.8) is 0 Å². The molecule has 1 fully saturated rings. The number of ether oxygens (including phenoxy) is 1. The second-order valence-corrected chi connectivity index (χ2v) is 4.91. The number of hydrogen-bond acceptors (Lipinski definition) is 2. The summed E-state index contributed by atoms with van der Waals surface area (Å²) in [6.45, 7) is 3.19. The highest BCUT2D eigenvalue weighted by Gasteiger charge is 2.22. The summed E-state index contributed by atoms with van der Waals surface area (Å²) in [6, 6.07) is 8.92. The molecule has 1 aliphatic carbocycles. The van der Waals surface area contributed by atoms with Crippen LogP contribution in [0.3, 0.4) is 0 Å². The molecule has 0 heterocycles. The minimum Gasteiger partial charge on any atom is -0.497 e. The third-order valence-electron chi connectivity index (χ3n) is 3.51. The molecule has 2 heteroatoms. The van der Waals surface area contributed by atoms with Crippen LogP contribution >= 0.6 is 0 Å². The Balaban J connectivity index is 2.00. The first-order chi connectivity index (χ1) is 8.33. The summed E-state index contributed by atoms with van der Waals surface area (Å²) < 4.78 is 5.29. The molecule has 2 nitrogen and oxygen atoms in total. The Bertz CT molecular complexity index is 347. The van der Waals surface area contributed by atoms with Gasteiger partial charge in [0.05, 0.1) is 7.11 Å². The SMILES string of the molecule is CCNC(CCC1CC1)c1cccc(OC)c1. The van der Waals surface area contributed by atoms with Crippen LogP contribution in [0.4, 0.5) is 0 Å². The zero-order valence-corrected chi connectivity index (χ0v) is 10.9. The molecule has 1 saturated carbocycles. The first-order valence-corrected chi connectivity index (χ1v) is 6.70. The summed E-state index contributed by atoms with van der Waals surface area (Å²) in [5, 5.41) is 3.58. The third-order valence-corrected chi connectivity index (χ3v) is 3.51. The molecule has 0 spiro atoms. The van der Waals surface area contributed by atoms with Crippen molar-refractivity contribution in [3.05, 3.63) is 29.8 Å². The standard InChI is InChI=1S/C15H23NO/c1-3-16-15(10-9-12-7-8-12)13-5-4-6-14(11-13)17-2/h4-6,11-12,15-16H,3,7-10H2,1-2H3. The molecule has 1 aromatic rings. The van der Waals surface area contributed by atoms with E-state index >= 15 is 0 Å².